The zero-order chi connectivity index (χ0) is 10.7. The van der Waals surface area contributed by atoms with Crippen LogP contribution >= 0.6 is 0 Å². The monoisotopic (exact) mass is 212 g/mol. The fraction of sp³-hybridized carbons (Fsp3) is 1.00. The number of piperidine rings is 1. The third kappa shape index (κ3) is 2.92. The van der Waals surface area contributed by atoms with Gasteiger partial charge in [-0.3, -0.25) is 4.90 Å². The first kappa shape index (κ1) is 11.4. The van der Waals surface area contributed by atoms with Crippen LogP contribution in [-0.2, 0) is 0 Å². The van der Waals surface area contributed by atoms with Gasteiger partial charge in [0.25, 0.3) is 0 Å². The molecule has 1 N–H and O–H groups in total. The second kappa shape index (κ2) is 5.28. The number of nitrogens with zero attached hydrogens (tertiary/aromatic N) is 2. The predicted octanol–water partition coefficient (Wildman–Crippen LogP) is 0.927. The molecule has 88 valence electrons. The highest BCUT2D eigenvalue weighted by Gasteiger charge is 2.33. The van der Waals surface area contributed by atoms with Crippen molar-refractivity contribution in [2.45, 2.75) is 44.8 Å². The molecule has 0 aromatic heterocycles. The topological polar surface area (TPSA) is 26.7 Å². The van der Waals surface area contributed by atoms with Crippen LogP contribution in [0.2, 0.25) is 0 Å². The van der Waals surface area contributed by atoms with Gasteiger partial charge in [0.2, 0.25) is 0 Å². The Morgan fingerprint density at radius 3 is 2.73 bits per heavy atom. The third-order valence-corrected chi connectivity index (χ3v) is 3.71. The van der Waals surface area contributed by atoms with Crippen LogP contribution in [0.1, 0.15) is 32.6 Å². The number of unbranched alkanes of at least 4 members (excludes halogenated alkanes) is 1. The molecule has 0 aromatic carbocycles. The van der Waals surface area contributed by atoms with E-state index in [1.54, 1.807) is 0 Å². The lowest BCUT2D eigenvalue weighted by Gasteiger charge is -2.47. The third-order valence-electron chi connectivity index (χ3n) is 3.71. The molecule has 2 aliphatic heterocycles. The molecule has 2 aliphatic rings. The Hall–Kier alpha value is -0.120. The van der Waals surface area contributed by atoms with Crippen LogP contribution in [0.5, 0.6) is 0 Å². The highest BCUT2D eigenvalue weighted by molar-refractivity contribution is 4.90. The van der Waals surface area contributed by atoms with Crippen LogP contribution in [0, 0.1) is 0 Å². The lowest BCUT2D eigenvalue weighted by molar-refractivity contribution is -0.0154. The molecule has 3 heteroatoms. The van der Waals surface area contributed by atoms with Gasteiger partial charge in [-0.15, -0.1) is 0 Å². The maximum absolute atomic E-state index is 9.60. The van der Waals surface area contributed by atoms with E-state index in [1.165, 1.54) is 45.4 Å². The number of aliphatic hydroxyl groups excluding tert-OH is 1. The average molecular weight is 212 g/mol. The normalized spacial score (nSPS) is 30.4. The molecule has 2 heterocycles. The van der Waals surface area contributed by atoms with Crippen LogP contribution in [0.4, 0.5) is 0 Å². The first-order valence-electron chi connectivity index (χ1n) is 6.44. The second-order valence-corrected chi connectivity index (χ2v) is 5.06. The maximum atomic E-state index is 9.60. The van der Waals surface area contributed by atoms with Gasteiger partial charge in [-0.05, 0) is 32.4 Å². The van der Waals surface area contributed by atoms with Crippen molar-refractivity contribution in [2.75, 3.05) is 32.7 Å². The van der Waals surface area contributed by atoms with E-state index in [-0.39, 0.29) is 6.10 Å². The summed E-state index contributed by atoms with van der Waals surface area (Å²) in [6, 6.07) is 0.733. The summed E-state index contributed by atoms with van der Waals surface area (Å²) in [6.07, 6.45) is 4.73. The number of aliphatic hydroxyl groups is 1. The van der Waals surface area contributed by atoms with Gasteiger partial charge in [-0.25, -0.2) is 0 Å². The molecule has 0 saturated carbocycles. The maximum Gasteiger partial charge on any atom is 0.0667 e. The zero-order valence-electron chi connectivity index (χ0n) is 9.86. The largest absolute Gasteiger partial charge is 0.392 e. The van der Waals surface area contributed by atoms with Crippen LogP contribution in [0.3, 0.4) is 0 Å². The van der Waals surface area contributed by atoms with Crippen molar-refractivity contribution >= 4 is 0 Å². The van der Waals surface area contributed by atoms with Gasteiger partial charge in [-0.2, -0.15) is 0 Å². The quantitative estimate of drug-likeness (QED) is 0.751. The summed E-state index contributed by atoms with van der Waals surface area (Å²) in [6.45, 7) is 8.08. The average Bonchev–Trinajstić information content (AvgIpc) is 2.16. The highest BCUT2D eigenvalue weighted by Crippen LogP contribution is 2.20. The van der Waals surface area contributed by atoms with Gasteiger partial charge >= 0.3 is 0 Å². The summed E-state index contributed by atoms with van der Waals surface area (Å²) in [5.74, 6) is 0. The lowest BCUT2D eigenvalue weighted by atomic mass is 10.0. The molecule has 0 bridgehead atoms. The number of hydrogen-bond acceptors (Lipinski definition) is 3. The molecule has 2 saturated heterocycles. The highest BCUT2D eigenvalue weighted by atomic mass is 16.3. The summed E-state index contributed by atoms with van der Waals surface area (Å²) in [5.41, 5.74) is 0. The van der Waals surface area contributed by atoms with Crippen LogP contribution < -0.4 is 0 Å². The Bertz CT molecular complexity index is 192. The molecule has 15 heavy (non-hydrogen) atoms. The fourth-order valence-electron chi connectivity index (χ4n) is 2.65. The molecule has 0 aliphatic carbocycles. The van der Waals surface area contributed by atoms with E-state index in [4.69, 9.17) is 0 Å². The molecule has 1 unspecified atom stereocenters. The van der Waals surface area contributed by atoms with Crippen LogP contribution in [0.25, 0.3) is 0 Å². The summed E-state index contributed by atoms with van der Waals surface area (Å²) >= 11 is 0. The van der Waals surface area contributed by atoms with Gasteiger partial charge < -0.3 is 10.0 Å². The SMILES string of the molecule is CCCCN1CC(N2CCCC(O)C2)C1. The Kier molecular flexibility index (Phi) is 4.00. The van der Waals surface area contributed by atoms with Crippen LogP contribution in [0.15, 0.2) is 0 Å². The Balaban J connectivity index is 1.65. The Morgan fingerprint density at radius 1 is 1.27 bits per heavy atom. The minimum atomic E-state index is -0.0663. The summed E-state index contributed by atoms with van der Waals surface area (Å²) < 4.78 is 0. The summed E-state index contributed by atoms with van der Waals surface area (Å²) in [7, 11) is 0. The van der Waals surface area contributed by atoms with E-state index in [0.29, 0.717) is 0 Å². The van der Waals surface area contributed by atoms with Gasteiger partial charge in [0.15, 0.2) is 0 Å². The van der Waals surface area contributed by atoms with E-state index in [1.807, 2.05) is 0 Å². The zero-order valence-corrected chi connectivity index (χ0v) is 9.86. The smallest absolute Gasteiger partial charge is 0.0667 e. The van der Waals surface area contributed by atoms with Crippen molar-refractivity contribution in [2.24, 2.45) is 0 Å². The summed E-state index contributed by atoms with van der Waals surface area (Å²) in [5, 5.41) is 9.60. The van der Waals surface area contributed by atoms with Crippen molar-refractivity contribution in [3.05, 3.63) is 0 Å². The van der Waals surface area contributed by atoms with Crippen molar-refractivity contribution in [1.82, 2.24) is 9.80 Å². The number of rotatable bonds is 4. The molecule has 1 atom stereocenters. The number of hydrogen-bond donors (Lipinski definition) is 1. The Labute approximate surface area is 93.1 Å². The molecule has 0 spiro atoms. The molecule has 2 rings (SSSR count). The van der Waals surface area contributed by atoms with Gasteiger partial charge in [-0.1, -0.05) is 13.3 Å². The van der Waals surface area contributed by atoms with Crippen molar-refractivity contribution in [3.8, 4) is 0 Å². The molecule has 2 fully saturated rings. The van der Waals surface area contributed by atoms with E-state index >= 15 is 0 Å². The minimum Gasteiger partial charge on any atom is -0.392 e. The molecule has 0 radical (unpaired) electrons. The molecule has 3 nitrogen and oxygen atoms in total. The van der Waals surface area contributed by atoms with Crippen molar-refractivity contribution in [3.63, 3.8) is 0 Å². The molecular weight excluding hydrogens is 188 g/mol. The van der Waals surface area contributed by atoms with Crippen molar-refractivity contribution < 1.29 is 5.11 Å². The Morgan fingerprint density at radius 2 is 2.07 bits per heavy atom. The van der Waals surface area contributed by atoms with Gasteiger partial charge in [0.1, 0.15) is 0 Å². The first-order valence-corrected chi connectivity index (χ1v) is 6.44. The summed E-state index contributed by atoms with van der Waals surface area (Å²) in [4.78, 5) is 5.02. The van der Waals surface area contributed by atoms with Crippen molar-refractivity contribution in [1.29, 1.82) is 0 Å². The van der Waals surface area contributed by atoms with Crippen LogP contribution in [-0.4, -0.2) is 59.8 Å². The first-order chi connectivity index (χ1) is 7.29. The number of β-amino-alcohol motifs (C(OH)–C–C–N with tert-alkyl or cyclic N) is 1. The number of likely N-dealkylation sites (tertiary alicyclic amines) is 2. The van der Waals surface area contributed by atoms with E-state index in [2.05, 4.69) is 16.7 Å². The minimum absolute atomic E-state index is 0.0663. The standard InChI is InChI=1S/C12H24N2O/c1-2-3-6-13-8-11(9-13)14-7-4-5-12(15)10-14/h11-12,15H,2-10H2,1H3. The molecule has 0 amide bonds. The predicted molar refractivity (Wildman–Crippen MR) is 61.9 cm³/mol. The lowest BCUT2D eigenvalue weighted by Crippen LogP contribution is -2.61. The van der Waals surface area contributed by atoms with E-state index in [9.17, 15) is 5.11 Å². The fourth-order valence-corrected chi connectivity index (χ4v) is 2.65. The molecular formula is C12H24N2O. The van der Waals surface area contributed by atoms with E-state index < -0.39 is 0 Å². The van der Waals surface area contributed by atoms with Gasteiger partial charge in [0, 0.05) is 25.7 Å². The van der Waals surface area contributed by atoms with Gasteiger partial charge in [0.05, 0.1) is 6.10 Å². The van der Waals surface area contributed by atoms with E-state index in [0.717, 1.165) is 19.0 Å². The second-order valence-electron chi connectivity index (χ2n) is 5.06. The molecule has 0 aromatic rings.